The molecule has 0 aliphatic carbocycles. The number of nitrogens with zero attached hydrogens (tertiary/aromatic N) is 3. The van der Waals surface area contributed by atoms with Crippen molar-refractivity contribution in [3.8, 4) is 17.2 Å². The molecule has 8 nitrogen and oxygen atoms in total. The summed E-state index contributed by atoms with van der Waals surface area (Å²) in [5, 5.41) is 6.86. The van der Waals surface area contributed by atoms with E-state index in [-0.39, 0.29) is 11.9 Å². The third-order valence-electron chi connectivity index (χ3n) is 4.45. The van der Waals surface area contributed by atoms with Gasteiger partial charge in [-0.15, -0.1) is 5.10 Å². The van der Waals surface area contributed by atoms with Crippen LogP contribution in [0.25, 0.3) is 11.5 Å². The number of methoxy groups -OCH3 is 1. The number of piperidine rings is 1. The number of amides is 1. The van der Waals surface area contributed by atoms with Crippen molar-refractivity contribution in [2.24, 2.45) is 0 Å². The highest BCUT2D eigenvalue weighted by atomic mass is 32.2. The minimum atomic E-state index is -4.01. The number of hydrogen-bond acceptors (Lipinski definition) is 7. The average molecular weight is 379 g/mol. The van der Waals surface area contributed by atoms with Crippen molar-refractivity contribution in [2.75, 3.05) is 19.4 Å². The third kappa shape index (κ3) is 3.72. The predicted octanol–water partition coefficient (Wildman–Crippen LogP) is 1.92. The van der Waals surface area contributed by atoms with E-state index < -0.39 is 26.7 Å². The Bertz CT molecular complexity index is 893. The van der Waals surface area contributed by atoms with Gasteiger partial charge in [0.05, 0.1) is 12.7 Å². The summed E-state index contributed by atoms with van der Waals surface area (Å²) in [4.78, 5) is 14.0. The van der Waals surface area contributed by atoms with Gasteiger partial charge < -0.3 is 14.1 Å². The van der Waals surface area contributed by atoms with Crippen molar-refractivity contribution in [3.63, 3.8) is 0 Å². The van der Waals surface area contributed by atoms with Gasteiger partial charge in [0.15, 0.2) is 0 Å². The fourth-order valence-corrected chi connectivity index (χ4v) is 4.03. The standard InChI is InChI=1S/C17H21N3O5S/c1-12-7-5-6-10-20(12)15(21)11-26(22,23)17-19-18-16(25-17)13-8-3-4-9-14(13)24-2/h3-4,8-9,12H,5-7,10-11H2,1-2H3. The largest absolute Gasteiger partial charge is 0.496 e. The van der Waals surface area contributed by atoms with Crippen LogP contribution < -0.4 is 4.74 Å². The van der Waals surface area contributed by atoms with Gasteiger partial charge in [0.1, 0.15) is 11.5 Å². The van der Waals surface area contributed by atoms with Crippen molar-refractivity contribution >= 4 is 15.7 Å². The van der Waals surface area contributed by atoms with Crippen LogP contribution in [0, 0.1) is 0 Å². The summed E-state index contributed by atoms with van der Waals surface area (Å²) in [6.45, 7) is 2.50. The predicted molar refractivity (Wildman–Crippen MR) is 93.4 cm³/mol. The van der Waals surface area contributed by atoms with Crippen LogP contribution in [-0.4, -0.2) is 54.9 Å². The quantitative estimate of drug-likeness (QED) is 0.782. The number of ether oxygens (including phenoxy) is 1. The van der Waals surface area contributed by atoms with E-state index in [1.165, 1.54) is 7.11 Å². The molecule has 0 spiro atoms. The van der Waals surface area contributed by atoms with E-state index in [9.17, 15) is 13.2 Å². The lowest BCUT2D eigenvalue weighted by Gasteiger charge is -2.33. The highest BCUT2D eigenvalue weighted by Gasteiger charge is 2.31. The fourth-order valence-electron chi connectivity index (χ4n) is 3.04. The minimum Gasteiger partial charge on any atom is -0.496 e. The Morgan fingerprint density at radius 3 is 2.81 bits per heavy atom. The van der Waals surface area contributed by atoms with Gasteiger partial charge in [0, 0.05) is 12.6 Å². The Balaban J connectivity index is 1.80. The lowest BCUT2D eigenvalue weighted by atomic mass is 10.0. The van der Waals surface area contributed by atoms with Gasteiger partial charge in [-0.25, -0.2) is 8.42 Å². The van der Waals surface area contributed by atoms with Gasteiger partial charge in [-0.05, 0) is 38.3 Å². The van der Waals surface area contributed by atoms with Crippen LogP contribution in [0.5, 0.6) is 5.75 Å². The van der Waals surface area contributed by atoms with E-state index in [1.807, 2.05) is 6.92 Å². The normalized spacial score (nSPS) is 17.9. The molecule has 3 rings (SSSR count). The Morgan fingerprint density at radius 2 is 2.08 bits per heavy atom. The van der Waals surface area contributed by atoms with Crippen molar-refractivity contribution in [3.05, 3.63) is 24.3 Å². The van der Waals surface area contributed by atoms with Crippen molar-refractivity contribution in [1.82, 2.24) is 15.1 Å². The molecular formula is C17H21N3O5S. The molecule has 0 bridgehead atoms. The van der Waals surface area contributed by atoms with Crippen LogP contribution in [0.4, 0.5) is 0 Å². The van der Waals surface area contributed by atoms with E-state index >= 15 is 0 Å². The molecule has 0 saturated carbocycles. The Labute approximate surface area is 152 Å². The summed E-state index contributed by atoms with van der Waals surface area (Å²) in [5.74, 6) is -0.599. The minimum absolute atomic E-state index is 0.0276. The third-order valence-corrected chi connectivity index (χ3v) is 5.77. The van der Waals surface area contributed by atoms with Gasteiger partial charge in [-0.3, -0.25) is 4.79 Å². The molecule has 1 aromatic carbocycles. The molecule has 1 atom stereocenters. The number of rotatable bonds is 5. The number of para-hydroxylation sites is 1. The lowest BCUT2D eigenvalue weighted by molar-refractivity contribution is -0.131. The zero-order chi connectivity index (χ0) is 18.7. The van der Waals surface area contributed by atoms with Gasteiger partial charge in [0.25, 0.3) is 5.89 Å². The van der Waals surface area contributed by atoms with Gasteiger partial charge in [0.2, 0.25) is 15.7 Å². The number of aromatic nitrogens is 2. The Kier molecular flexibility index (Phi) is 5.26. The zero-order valence-corrected chi connectivity index (χ0v) is 15.5. The average Bonchev–Trinajstić information content (AvgIpc) is 3.12. The fraction of sp³-hybridized carbons (Fsp3) is 0.471. The molecule has 1 saturated heterocycles. The molecule has 1 amide bonds. The van der Waals surface area contributed by atoms with E-state index in [0.29, 0.717) is 17.9 Å². The zero-order valence-electron chi connectivity index (χ0n) is 14.7. The first kappa shape index (κ1) is 18.4. The van der Waals surface area contributed by atoms with E-state index in [4.69, 9.17) is 9.15 Å². The molecule has 0 N–H and O–H groups in total. The molecular weight excluding hydrogens is 358 g/mol. The molecule has 1 aliphatic heterocycles. The SMILES string of the molecule is COc1ccccc1-c1nnc(S(=O)(=O)CC(=O)N2CCCCC2C)o1. The second kappa shape index (κ2) is 7.45. The van der Waals surface area contributed by atoms with Crippen molar-refractivity contribution in [2.45, 2.75) is 37.5 Å². The highest BCUT2D eigenvalue weighted by Crippen LogP contribution is 2.29. The van der Waals surface area contributed by atoms with Gasteiger partial charge in [-0.1, -0.05) is 17.2 Å². The molecule has 1 fully saturated rings. The monoisotopic (exact) mass is 379 g/mol. The van der Waals surface area contributed by atoms with Crippen LogP contribution >= 0.6 is 0 Å². The summed E-state index contributed by atoms with van der Waals surface area (Å²) >= 11 is 0. The van der Waals surface area contributed by atoms with E-state index in [2.05, 4.69) is 10.2 Å². The first-order valence-electron chi connectivity index (χ1n) is 8.41. The van der Waals surface area contributed by atoms with Crippen LogP contribution in [0.15, 0.2) is 33.9 Å². The van der Waals surface area contributed by atoms with Gasteiger partial charge in [-0.2, -0.15) is 0 Å². The number of benzene rings is 1. The molecule has 1 aromatic heterocycles. The topological polar surface area (TPSA) is 103 Å². The summed E-state index contributed by atoms with van der Waals surface area (Å²) in [6, 6.07) is 6.95. The molecule has 140 valence electrons. The van der Waals surface area contributed by atoms with Crippen molar-refractivity contribution in [1.29, 1.82) is 0 Å². The lowest BCUT2D eigenvalue weighted by Crippen LogP contribution is -2.44. The Hall–Kier alpha value is -2.42. The summed E-state index contributed by atoms with van der Waals surface area (Å²) < 4.78 is 35.6. The number of carbonyl (C=O) groups excluding carboxylic acids is 1. The second-order valence-electron chi connectivity index (χ2n) is 6.26. The summed E-state index contributed by atoms with van der Waals surface area (Å²) in [6.07, 6.45) is 2.81. The maximum atomic E-state index is 12.5. The highest BCUT2D eigenvalue weighted by molar-refractivity contribution is 7.91. The molecule has 0 radical (unpaired) electrons. The Morgan fingerprint density at radius 1 is 1.31 bits per heavy atom. The summed E-state index contributed by atoms with van der Waals surface area (Å²) in [5.41, 5.74) is 0.486. The molecule has 26 heavy (non-hydrogen) atoms. The van der Waals surface area contributed by atoms with Crippen LogP contribution in [0.3, 0.4) is 0 Å². The maximum absolute atomic E-state index is 12.5. The molecule has 9 heteroatoms. The van der Waals surface area contributed by atoms with E-state index in [1.54, 1.807) is 29.2 Å². The van der Waals surface area contributed by atoms with Gasteiger partial charge >= 0.3 is 5.22 Å². The number of likely N-dealkylation sites (tertiary alicyclic amines) is 1. The maximum Gasteiger partial charge on any atom is 0.336 e. The molecule has 1 unspecified atom stereocenters. The molecule has 2 aromatic rings. The first-order valence-corrected chi connectivity index (χ1v) is 10.1. The van der Waals surface area contributed by atoms with Crippen molar-refractivity contribution < 1.29 is 22.4 Å². The molecule has 2 heterocycles. The number of sulfone groups is 1. The first-order chi connectivity index (χ1) is 12.4. The second-order valence-corrected chi connectivity index (χ2v) is 8.13. The summed E-state index contributed by atoms with van der Waals surface area (Å²) in [7, 11) is -2.52. The van der Waals surface area contributed by atoms with Crippen LogP contribution in [-0.2, 0) is 14.6 Å². The van der Waals surface area contributed by atoms with Crippen LogP contribution in [0.1, 0.15) is 26.2 Å². The smallest absolute Gasteiger partial charge is 0.336 e. The van der Waals surface area contributed by atoms with E-state index in [0.717, 1.165) is 19.3 Å². The van der Waals surface area contributed by atoms with Crippen LogP contribution in [0.2, 0.25) is 0 Å². The number of carbonyl (C=O) groups is 1. The molecule has 1 aliphatic rings. The number of hydrogen-bond donors (Lipinski definition) is 0.